The number of rotatable bonds is 4. The van der Waals surface area contributed by atoms with Gasteiger partial charge in [0.2, 0.25) is 5.91 Å². The first kappa shape index (κ1) is 15.4. The average molecular weight is 289 g/mol. The maximum absolute atomic E-state index is 12.8. The third-order valence-corrected chi connectivity index (χ3v) is 3.69. The van der Waals surface area contributed by atoms with Crippen LogP contribution in [0.5, 0.6) is 0 Å². The maximum atomic E-state index is 12.8. The molecular formula is C16H23N3O2. The number of piperidine rings is 1. The van der Waals surface area contributed by atoms with Crippen LogP contribution in [0, 0.1) is 0 Å². The van der Waals surface area contributed by atoms with Crippen LogP contribution in [0.15, 0.2) is 24.3 Å². The number of para-hydroxylation sites is 1. The molecule has 0 aliphatic carbocycles. The van der Waals surface area contributed by atoms with Crippen molar-refractivity contribution >= 4 is 17.5 Å². The van der Waals surface area contributed by atoms with Crippen molar-refractivity contribution in [2.75, 3.05) is 11.9 Å². The van der Waals surface area contributed by atoms with E-state index in [1.54, 1.807) is 11.0 Å². The van der Waals surface area contributed by atoms with Crippen molar-refractivity contribution < 1.29 is 9.59 Å². The highest BCUT2D eigenvalue weighted by molar-refractivity contribution is 6.01. The van der Waals surface area contributed by atoms with Crippen LogP contribution in [0.4, 0.5) is 5.69 Å². The van der Waals surface area contributed by atoms with Crippen LogP contribution in [-0.2, 0) is 4.79 Å². The molecule has 2 amide bonds. The normalized spacial score (nSPS) is 18.6. The quantitative estimate of drug-likeness (QED) is 0.890. The molecule has 0 radical (unpaired) electrons. The van der Waals surface area contributed by atoms with Crippen LogP contribution in [-0.4, -0.2) is 35.3 Å². The standard InChI is InChI=1S/C16H23N3O2/c1-11(2)18-13-8-4-3-7-12(13)16(21)19-10-6-5-9-14(19)15(17)20/h3-4,7-8,11,14,18H,5-6,9-10H2,1-2H3,(H2,17,20). The smallest absolute Gasteiger partial charge is 0.256 e. The Morgan fingerprint density at radius 1 is 1.29 bits per heavy atom. The highest BCUT2D eigenvalue weighted by atomic mass is 16.2. The molecule has 1 aromatic carbocycles. The van der Waals surface area contributed by atoms with Crippen molar-refractivity contribution in [1.29, 1.82) is 0 Å². The Morgan fingerprint density at radius 3 is 2.67 bits per heavy atom. The second-order valence-electron chi connectivity index (χ2n) is 5.76. The van der Waals surface area contributed by atoms with Gasteiger partial charge in [0.25, 0.3) is 5.91 Å². The van der Waals surface area contributed by atoms with Gasteiger partial charge in [0.05, 0.1) is 5.56 Å². The molecule has 1 saturated heterocycles. The summed E-state index contributed by atoms with van der Waals surface area (Å²) in [7, 11) is 0. The van der Waals surface area contributed by atoms with Crippen molar-refractivity contribution in [2.45, 2.75) is 45.2 Å². The molecule has 1 aliphatic rings. The maximum Gasteiger partial charge on any atom is 0.256 e. The van der Waals surface area contributed by atoms with Crippen molar-refractivity contribution in [3.63, 3.8) is 0 Å². The fraction of sp³-hybridized carbons (Fsp3) is 0.500. The number of hydrogen-bond donors (Lipinski definition) is 2. The Labute approximate surface area is 125 Å². The number of primary amides is 1. The first-order valence-corrected chi connectivity index (χ1v) is 7.46. The highest BCUT2D eigenvalue weighted by Gasteiger charge is 2.32. The number of anilines is 1. The molecule has 5 heteroatoms. The second-order valence-corrected chi connectivity index (χ2v) is 5.76. The van der Waals surface area contributed by atoms with Gasteiger partial charge in [-0.1, -0.05) is 12.1 Å². The van der Waals surface area contributed by atoms with E-state index < -0.39 is 11.9 Å². The molecule has 2 rings (SSSR count). The number of carbonyl (C=O) groups excluding carboxylic acids is 2. The topological polar surface area (TPSA) is 75.4 Å². The summed E-state index contributed by atoms with van der Waals surface area (Å²) in [5.74, 6) is -0.542. The molecule has 0 aromatic heterocycles. The number of benzene rings is 1. The summed E-state index contributed by atoms with van der Waals surface area (Å²) in [4.78, 5) is 26.0. The Hall–Kier alpha value is -2.04. The molecule has 21 heavy (non-hydrogen) atoms. The predicted octanol–water partition coefficient (Wildman–Crippen LogP) is 1.99. The number of nitrogens with two attached hydrogens (primary N) is 1. The summed E-state index contributed by atoms with van der Waals surface area (Å²) in [6.07, 6.45) is 2.50. The molecule has 1 fully saturated rings. The zero-order valence-electron chi connectivity index (χ0n) is 12.6. The molecule has 114 valence electrons. The molecule has 1 heterocycles. The van der Waals surface area contributed by atoms with E-state index in [0.717, 1.165) is 18.5 Å². The Kier molecular flexibility index (Phi) is 4.83. The number of hydrogen-bond acceptors (Lipinski definition) is 3. The van der Waals surface area contributed by atoms with Gasteiger partial charge in [-0.05, 0) is 45.2 Å². The first-order valence-electron chi connectivity index (χ1n) is 7.46. The summed E-state index contributed by atoms with van der Waals surface area (Å²) in [6.45, 7) is 4.63. The Balaban J connectivity index is 2.28. The molecule has 0 saturated carbocycles. The fourth-order valence-electron chi connectivity index (χ4n) is 2.73. The summed E-state index contributed by atoms with van der Waals surface area (Å²) in [5, 5.41) is 3.27. The highest BCUT2D eigenvalue weighted by Crippen LogP contribution is 2.23. The lowest BCUT2D eigenvalue weighted by Crippen LogP contribution is -2.50. The van der Waals surface area contributed by atoms with Gasteiger partial charge < -0.3 is 16.0 Å². The lowest BCUT2D eigenvalue weighted by Gasteiger charge is -2.34. The molecule has 3 N–H and O–H groups in total. The number of likely N-dealkylation sites (tertiary alicyclic amines) is 1. The summed E-state index contributed by atoms with van der Waals surface area (Å²) in [5.41, 5.74) is 6.84. The Bertz CT molecular complexity index is 528. The lowest BCUT2D eigenvalue weighted by molar-refractivity contribution is -0.123. The van der Waals surface area contributed by atoms with E-state index in [0.29, 0.717) is 18.5 Å². The van der Waals surface area contributed by atoms with Gasteiger partial charge in [-0.2, -0.15) is 0 Å². The zero-order valence-corrected chi connectivity index (χ0v) is 12.6. The van der Waals surface area contributed by atoms with Crippen molar-refractivity contribution in [2.24, 2.45) is 5.73 Å². The van der Waals surface area contributed by atoms with E-state index in [4.69, 9.17) is 5.73 Å². The van der Waals surface area contributed by atoms with Crippen LogP contribution in [0.1, 0.15) is 43.5 Å². The van der Waals surface area contributed by atoms with E-state index in [1.807, 2.05) is 32.0 Å². The molecule has 1 atom stereocenters. The largest absolute Gasteiger partial charge is 0.382 e. The minimum Gasteiger partial charge on any atom is -0.382 e. The van der Waals surface area contributed by atoms with Crippen molar-refractivity contribution in [1.82, 2.24) is 4.90 Å². The van der Waals surface area contributed by atoms with Gasteiger partial charge in [-0.15, -0.1) is 0 Å². The molecule has 1 unspecified atom stereocenters. The van der Waals surface area contributed by atoms with Crippen LogP contribution < -0.4 is 11.1 Å². The van der Waals surface area contributed by atoms with E-state index in [-0.39, 0.29) is 11.9 Å². The predicted molar refractivity (Wildman–Crippen MR) is 83.1 cm³/mol. The third kappa shape index (κ3) is 3.54. The monoisotopic (exact) mass is 289 g/mol. The number of nitrogens with zero attached hydrogens (tertiary/aromatic N) is 1. The van der Waals surface area contributed by atoms with Crippen LogP contribution in [0.3, 0.4) is 0 Å². The van der Waals surface area contributed by atoms with E-state index >= 15 is 0 Å². The third-order valence-electron chi connectivity index (χ3n) is 3.69. The van der Waals surface area contributed by atoms with Crippen molar-refractivity contribution in [3.05, 3.63) is 29.8 Å². The molecule has 1 aliphatic heterocycles. The molecular weight excluding hydrogens is 266 g/mol. The van der Waals surface area contributed by atoms with Crippen molar-refractivity contribution in [3.8, 4) is 0 Å². The summed E-state index contributed by atoms with van der Waals surface area (Å²) < 4.78 is 0. The van der Waals surface area contributed by atoms with Gasteiger partial charge in [0, 0.05) is 18.3 Å². The van der Waals surface area contributed by atoms with Gasteiger partial charge in [-0.3, -0.25) is 9.59 Å². The molecule has 1 aromatic rings. The second kappa shape index (κ2) is 6.61. The first-order chi connectivity index (χ1) is 10.0. The van der Waals surface area contributed by atoms with Gasteiger partial charge in [0.1, 0.15) is 6.04 Å². The average Bonchev–Trinajstić information content (AvgIpc) is 2.46. The zero-order chi connectivity index (χ0) is 15.4. The number of carbonyl (C=O) groups is 2. The number of nitrogens with one attached hydrogen (secondary N) is 1. The van der Waals surface area contributed by atoms with Gasteiger partial charge in [0.15, 0.2) is 0 Å². The SMILES string of the molecule is CC(C)Nc1ccccc1C(=O)N1CCCCC1C(N)=O. The minimum absolute atomic E-state index is 0.123. The Morgan fingerprint density at radius 2 is 2.00 bits per heavy atom. The van der Waals surface area contributed by atoms with Crippen LogP contribution >= 0.6 is 0 Å². The molecule has 0 spiro atoms. The lowest BCUT2D eigenvalue weighted by atomic mass is 10.00. The van der Waals surface area contributed by atoms with Gasteiger partial charge in [-0.25, -0.2) is 0 Å². The van der Waals surface area contributed by atoms with Gasteiger partial charge >= 0.3 is 0 Å². The summed E-state index contributed by atoms with van der Waals surface area (Å²) in [6, 6.07) is 7.15. The van der Waals surface area contributed by atoms with E-state index in [2.05, 4.69) is 5.32 Å². The summed E-state index contributed by atoms with van der Waals surface area (Å²) >= 11 is 0. The fourth-order valence-corrected chi connectivity index (χ4v) is 2.73. The van der Waals surface area contributed by atoms with Crippen LogP contribution in [0.25, 0.3) is 0 Å². The van der Waals surface area contributed by atoms with Crippen LogP contribution in [0.2, 0.25) is 0 Å². The molecule has 5 nitrogen and oxygen atoms in total. The van der Waals surface area contributed by atoms with E-state index in [9.17, 15) is 9.59 Å². The van der Waals surface area contributed by atoms with E-state index in [1.165, 1.54) is 0 Å². The minimum atomic E-state index is -0.488. The number of amides is 2. The molecule has 0 bridgehead atoms.